The molecule has 1 rings (SSSR count). The molecule has 2 unspecified atom stereocenters. The summed E-state index contributed by atoms with van der Waals surface area (Å²) in [5, 5.41) is 10.5. The van der Waals surface area contributed by atoms with Gasteiger partial charge in [-0.25, -0.2) is 0 Å². The molecule has 2 atom stereocenters. The van der Waals surface area contributed by atoms with Gasteiger partial charge in [0.2, 0.25) is 0 Å². The first-order valence-corrected chi connectivity index (χ1v) is 5.07. The van der Waals surface area contributed by atoms with Crippen molar-refractivity contribution in [3.05, 3.63) is 11.6 Å². The Kier molecular flexibility index (Phi) is 2.66. The Balaban J connectivity index is 2.62. The molecular formula is C9H16OS. The summed E-state index contributed by atoms with van der Waals surface area (Å²) in [6.07, 6.45) is 2.90. The molecule has 0 bridgehead atoms. The molecule has 0 aromatic rings. The normalized spacial score (nSPS) is 37.3. The number of rotatable bonds is 1. The van der Waals surface area contributed by atoms with Gasteiger partial charge in [0.1, 0.15) is 0 Å². The van der Waals surface area contributed by atoms with Gasteiger partial charge in [-0.1, -0.05) is 18.6 Å². The summed E-state index contributed by atoms with van der Waals surface area (Å²) in [4.78, 5) is 0. The van der Waals surface area contributed by atoms with Crippen LogP contribution in [0.15, 0.2) is 11.6 Å². The van der Waals surface area contributed by atoms with E-state index in [-0.39, 0.29) is 0 Å². The molecule has 0 aromatic heterocycles. The van der Waals surface area contributed by atoms with Gasteiger partial charge in [-0.3, -0.25) is 0 Å². The quantitative estimate of drug-likeness (QED) is 0.612. The Morgan fingerprint density at radius 1 is 1.64 bits per heavy atom. The average Bonchev–Trinajstić information content (AvgIpc) is 2.08. The number of hydrogen-bond acceptors (Lipinski definition) is 2. The highest BCUT2D eigenvalue weighted by Crippen LogP contribution is 2.35. The van der Waals surface area contributed by atoms with Crippen molar-refractivity contribution in [2.24, 2.45) is 0 Å². The number of thioether (sulfide) groups is 1. The summed E-state index contributed by atoms with van der Waals surface area (Å²) < 4.78 is 0. The van der Waals surface area contributed by atoms with Crippen LogP contribution in [0.4, 0.5) is 0 Å². The first kappa shape index (κ1) is 9.14. The molecule has 2 heteroatoms. The molecule has 0 spiro atoms. The molecule has 1 heterocycles. The van der Waals surface area contributed by atoms with Crippen LogP contribution in [0.25, 0.3) is 0 Å². The van der Waals surface area contributed by atoms with Crippen LogP contribution < -0.4 is 0 Å². The highest BCUT2D eigenvalue weighted by Gasteiger charge is 2.33. The second-order valence-electron chi connectivity index (χ2n) is 3.65. The summed E-state index contributed by atoms with van der Waals surface area (Å²) in [6, 6.07) is 0. The van der Waals surface area contributed by atoms with Crippen LogP contribution in [0.3, 0.4) is 0 Å². The fourth-order valence-corrected chi connectivity index (χ4v) is 2.72. The van der Waals surface area contributed by atoms with Gasteiger partial charge in [-0.15, -0.1) is 0 Å². The van der Waals surface area contributed by atoms with Crippen LogP contribution in [0.1, 0.15) is 27.2 Å². The van der Waals surface area contributed by atoms with Gasteiger partial charge in [0.05, 0.1) is 5.60 Å². The molecule has 1 saturated heterocycles. The average molecular weight is 172 g/mol. The zero-order chi connectivity index (χ0) is 8.48. The molecule has 1 nitrogen and oxygen atoms in total. The maximum absolute atomic E-state index is 9.93. The van der Waals surface area contributed by atoms with E-state index in [1.54, 1.807) is 0 Å². The van der Waals surface area contributed by atoms with Crippen LogP contribution in [0.2, 0.25) is 0 Å². The van der Waals surface area contributed by atoms with E-state index in [0.717, 1.165) is 12.2 Å². The minimum Gasteiger partial charge on any atom is -0.385 e. The third-order valence-electron chi connectivity index (χ3n) is 1.82. The van der Waals surface area contributed by atoms with Crippen LogP contribution in [0, 0.1) is 0 Å². The summed E-state index contributed by atoms with van der Waals surface area (Å²) >= 11 is 1.85. The molecule has 11 heavy (non-hydrogen) atoms. The third kappa shape index (κ3) is 2.53. The Morgan fingerprint density at radius 2 is 2.27 bits per heavy atom. The Hall–Kier alpha value is 0.0500. The number of allylic oxidation sites excluding steroid dienone is 1. The van der Waals surface area contributed by atoms with Crippen molar-refractivity contribution in [3.63, 3.8) is 0 Å². The van der Waals surface area contributed by atoms with Crippen molar-refractivity contribution in [2.45, 2.75) is 38.0 Å². The lowest BCUT2D eigenvalue weighted by molar-refractivity contribution is 0.114. The van der Waals surface area contributed by atoms with Crippen molar-refractivity contribution < 1.29 is 5.11 Å². The van der Waals surface area contributed by atoms with Crippen LogP contribution in [-0.4, -0.2) is 21.7 Å². The van der Waals surface area contributed by atoms with E-state index in [1.165, 1.54) is 5.57 Å². The Bertz CT molecular complexity index is 172. The van der Waals surface area contributed by atoms with E-state index in [1.807, 2.05) is 31.7 Å². The maximum Gasteiger partial charge on any atom is 0.0930 e. The predicted molar refractivity (Wildman–Crippen MR) is 50.9 cm³/mol. The van der Waals surface area contributed by atoms with Gasteiger partial charge in [-0.2, -0.15) is 11.8 Å². The first-order chi connectivity index (χ1) is 5.02. The molecule has 1 fully saturated rings. The number of hydrogen-bond donors (Lipinski definition) is 1. The zero-order valence-electron chi connectivity index (χ0n) is 7.42. The lowest BCUT2D eigenvalue weighted by atomic mass is 9.98. The van der Waals surface area contributed by atoms with E-state index >= 15 is 0 Å². The summed E-state index contributed by atoms with van der Waals surface area (Å²) in [6.45, 7) is 6.23. The fourth-order valence-electron chi connectivity index (χ4n) is 1.54. The Labute approximate surface area is 72.9 Å². The van der Waals surface area contributed by atoms with Gasteiger partial charge >= 0.3 is 0 Å². The van der Waals surface area contributed by atoms with E-state index < -0.39 is 5.60 Å². The second kappa shape index (κ2) is 3.20. The molecular weight excluding hydrogens is 156 g/mol. The molecule has 0 amide bonds. The lowest BCUT2D eigenvalue weighted by Gasteiger charge is -2.16. The highest BCUT2D eigenvalue weighted by atomic mass is 32.2. The van der Waals surface area contributed by atoms with Crippen LogP contribution in [-0.2, 0) is 0 Å². The predicted octanol–water partition coefficient (Wildman–Crippen LogP) is 2.21. The minimum atomic E-state index is -0.511. The molecule has 1 aliphatic heterocycles. The fraction of sp³-hybridized carbons (Fsp3) is 0.778. The molecule has 1 aliphatic rings. The smallest absolute Gasteiger partial charge is 0.0930 e. The van der Waals surface area contributed by atoms with Gasteiger partial charge in [-0.05, 0) is 20.3 Å². The van der Waals surface area contributed by atoms with Crippen molar-refractivity contribution in [1.29, 1.82) is 0 Å². The first-order valence-electron chi connectivity index (χ1n) is 4.02. The highest BCUT2D eigenvalue weighted by molar-refractivity contribution is 8.00. The van der Waals surface area contributed by atoms with E-state index in [0.29, 0.717) is 5.25 Å². The minimum absolute atomic E-state index is 0.511. The van der Waals surface area contributed by atoms with Crippen molar-refractivity contribution >= 4 is 11.8 Å². The van der Waals surface area contributed by atoms with E-state index in [9.17, 15) is 5.11 Å². The molecule has 64 valence electrons. The molecule has 0 radical (unpaired) electrons. The summed E-state index contributed by atoms with van der Waals surface area (Å²) in [5.74, 6) is 0.860. The van der Waals surface area contributed by atoms with Crippen molar-refractivity contribution in [1.82, 2.24) is 0 Å². The molecule has 0 aliphatic carbocycles. The van der Waals surface area contributed by atoms with Gasteiger partial charge in [0, 0.05) is 11.0 Å². The van der Waals surface area contributed by atoms with Gasteiger partial charge < -0.3 is 5.11 Å². The maximum atomic E-state index is 9.93. The zero-order valence-corrected chi connectivity index (χ0v) is 8.24. The molecule has 0 aromatic carbocycles. The topological polar surface area (TPSA) is 20.2 Å². The van der Waals surface area contributed by atoms with E-state index in [4.69, 9.17) is 0 Å². The lowest BCUT2D eigenvalue weighted by Crippen LogP contribution is -2.25. The SMILES string of the molecule is CC(C)=CC1(O)CSC(C)C1. The summed E-state index contributed by atoms with van der Waals surface area (Å²) in [7, 11) is 0. The van der Waals surface area contributed by atoms with Crippen molar-refractivity contribution in [3.8, 4) is 0 Å². The third-order valence-corrected chi connectivity index (χ3v) is 3.22. The standard InChI is InChI=1S/C9H16OS/c1-7(2)4-9(10)5-8(3)11-6-9/h4,8,10H,5-6H2,1-3H3. The monoisotopic (exact) mass is 172 g/mol. The van der Waals surface area contributed by atoms with E-state index in [2.05, 4.69) is 6.92 Å². The number of aliphatic hydroxyl groups is 1. The van der Waals surface area contributed by atoms with Gasteiger partial charge in [0.25, 0.3) is 0 Å². The van der Waals surface area contributed by atoms with Crippen LogP contribution >= 0.6 is 11.8 Å². The molecule has 0 saturated carbocycles. The summed E-state index contributed by atoms with van der Waals surface area (Å²) in [5.41, 5.74) is 0.699. The van der Waals surface area contributed by atoms with Gasteiger partial charge in [0.15, 0.2) is 0 Å². The second-order valence-corrected chi connectivity index (χ2v) is 5.08. The largest absolute Gasteiger partial charge is 0.385 e. The molecule has 1 N–H and O–H groups in total. The van der Waals surface area contributed by atoms with Crippen molar-refractivity contribution in [2.75, 3.05) is 5.75 Å². The van der Waals surface area contributed by atoms with Crippen LogP contribution in [0.5, 0.6) is 0 Å². The Morgan fingerprint density at radius 3 is 2.64 bits per heavy atom.